The molecule has 1 unspecified atom stereocenters. The third-order valence-electron chi connectivity index (χ3n) is 5.72. The number of carbonyl (C=O) groups is 1. The molecule has 0 amide bonds. The lowest BCUT2D eigenvalue weighted by Crippen LogP contribution is -2.44. The molecule has 2 aromatic heterocycles. The number of hydrogen-bond donors (Lipinski definition) is 4. The van der Waals surface area contributed by atoms with Crippen molar-refractivity contribution in [3.05, 3.63) is 6.33 Å². The van der Waals surface area contributed by atoms with E-state index in [0.29, 0.717) is 17.7 Å². The van der Waals surface area contributed by atoms with Crippen LogP contribution in [0.15, 0.2) is 6.33 Å². The van der Waals surface area contributed by atoms with Crippen molar-refractivity contribution in [1.82, 2.24) is 24.6 Å². The first-order valence-corrected chi connectivity index (χ1v) is 13.5. The number of fused-ring (bicyclic) bond motifs is 1. The Kier molecular flexibility index (Phi) is 6.71. The van der Waals surface area contributed by atoms with Crippen molar-refractivity contribution in [3.8, 4) is 5.88 Å². The molecule has 0 saturated carbocycles. The summed E-state index contributed by atoms with van der Waals surface area (Å²) >= 11 is 1.11. The Morgan fingerprint density at radius 3 is 2.97 bits per heavy atom. The molecule has 0 spiro atoms. The fraction of sp³-hybridized carbons (Fsp3) is 0.667. The summed E-state index contributed by atoms with van der Waals surface area (Å²) in [6.45, 7) is -0.858. The number of aromatic nitrogens is 4. The number of carbonyl (C=O) groups excluding carboxylic acids is 1. The monoisotopic (exact) mass is 502 g/mol. The van der Waals surface area contributed by atoms with Gasteiger partial charge in [-0.25, -0.2) is 10.1 Å². The highest BCUT2D eigenvalue weighted by atomic mass is 32.7. The molecule has 2 saturated heterocycles. The van der Waals surface area contributed by atoms with Crippen LogP contribution in [0.1, 0.15) is 32.9 Å². The van der Waals surface area contributed by atoms with Gasteiger partial charge in [0.2, 0.25) is 11.8 Å². The second-order valence-electron chi connectivity index (χ2n) is 8.17. The first-order valence-electron chi connectivity index (χ1n) is 10.3. The minimum Gasteiger partial charge on any atom is -0.479 e. The fourth-order valence-corrected chi connectivity index (χ4v) is 7.82. The molecule has 33 heavy (non-hydrogen) atoms. The number of nitrogens with zero attached hydrogens (tertiary/aromatic N) is 4. The van der Waals surface area contributed by atoms with Gasteiger partial charge in [-0.1, -0.05) is 11.4 Å². The Balaban J connectivity index is 1.55. The molecular weight excluding hydrogens is 475 g/mol. The standard InChI is InChI=1S/C18H27N6O7PS/c1-9(25)10-5-4-6-33-32(28,23-10)30-7-11-13(26)18(2,27)16(31-11)24-8-20-12-14(24)21-17(19)22-15(12)29-3/h8,10-11,13,16,26-27H,4-7H2,1-3H3,(H,23,28)(H2,19,21,22)/t10-,11-,13-,16-,18-,32?/m1/s1. The summed E-state index contributed by atoms with van der Waals surface area (Å²) in [5.74, 6) is 0.537. The smallest absolute Gasteiger partial charge is 0.327 e. The molecule has 0 radical (unpaired) electrons. The lowest BCUT2D eigenvalue weighted by Gasteiger charge is -2.27. The maximum Gasteiger partial charge on any atom is 0.327 e. The lowest BCUT2D eigenvalue weighted by molar-refractivity contribution is -0.118. The minimum atomic E-state index is -3.42. The normalized spacial score (nSPS) is 34.9. The number of nitrogens with one attached hydrogen (secondary N) is 1. The molecule has 182 valence electrons. The summed E-state index contributed by atoms with van der Waals surface area (Å²) in [4.78, 5) is 24.2. The zero-order chi connectivity index (χ0) is 24.0. The van der Waals surface area contributed by atoms with Gasteiger partial charge in [0.05, 0.1) is 26.1 Å². The van der Waals surface area contributed by atoms with Gasteiger partial charge >= 0.3 is 6.72 Å². The molecule has 0 aliphatic carbocycles. The molecule has 13 nitrogen and oxygen atoms in total. The lowest BCUT2D eigenvalue weighted by atomic mass is 9.96. The Hall–Kier alpha value is -1.80. The Labute approximate surface area is 193 Å². The molecular formula is C18H27N6O7PS. The van der Waals surface area contributed by atoms with Crippen LogP contribution in [0.25, 0.3) is 11.2 Å². The van der Waals surface area contributed by atoms with Crippen molar-refractivity contribution in [3.63, 3.8) is 0 Å². The second kappa shape index (κ2) is 9.10. The van der Waals surface area contributed by atoms with Gasteiger partial charge in [0.1, 0.15) is 23.6 Å². The van der Waals surface area contributed by atoms with E-state index < -0.39 is 36.8 Å². The number of nitrogen functional groups attached to an aromatic ring is 1. The molecule has 0 bridgehead atoms. The molecule has 0 aromatic carbocycles. The van der Waals surface area contributed by atoms with E-state index in [1.54, 1.807) is 0 Å². The molecule has 6 atom stereocenters. The summed E-state index contributed by atoms with van der Waals surface area (Å²) in [6.07, 6.45) is -0.846. The van der Waals surface area contributed by atoms with Gasteiger partial charge in [0, 0.05) is 5.75 Å². The second-order valence-corrected chi connectivity index (χ2v) is 12.6. The molecule has 2 aromatic rings. The number of rotatable bonds is 6. The van der Waals surface area contributed by atoms with Gasteiger partial charge in [-0.3, -0.25) is 13.9 Å². The maximum atomic E-state index is 13.2. The molecule has 15 heteroatoms. The van der Waals surface area contributed by atoms with Crippen molar-refractivity contribution < 1.29 is 33.6 Å². The van der Waals surface area contributed by atoms with Crippen LogP contribution in [0.5, 0.6) is 5.88 Å². The summed E-state index contributed by atoms with van der Waals surface area (Å²) in [5.41, 5.74) is 4.54. The zero-order valence-electron chi connectivity index (χ0n) is 18.4. The molecule has 4 rings (SSSR count). The van der Waals surface area contributed by atoms with Gasteiger partial charge in [-0.2, -0.15) is 9.97 Å². The van der Waals surface area contributed by atoms with Gasteiger partial charge in [-0.15, -0.1) is 0 Å². The van der Waals surface area contributed by atoms with Crippen LogP contribution in [0.2, 0.25) is 0 Å². The Morgan fingerprint density at radius 1 is 1.52 bits per heavy atom. The van der Waals surface area contributed by atoms with Crippen molar-refractivity contribution in [2.45, 2.75) is 56.8 Å². The highest BCUT2D eigenvalue weighted by molar-refractivity contribution is 8.56. The van der Waals surface area contributed by atoms with Crippen molar-refractivity contribution in [1.29, 1.82) is 0 Å². The minimum absolute atomic E-state index is 0.0613. The average molecular weight is 502 g/mol. The number of hydrogen-bond acceptors (Lipinski definition) is 12. The number of aliphatic hydroxyl groups excluding tert-OH is 1. The van der Waals surface area contributed by atoms with E-state index in [0.717, 1.165) is 17.8 Å². The van der Waals surface area contributed by atoms with E-state index in [2.05, 4.69) is 20.0 Å². The molecule has 2 aliphatic rings. The predicted molar refractivity (Wildman–Crippen MR) is 120 cm³/mol. The van der Waals surface area contributed by atoms with Crippen LogP contribution in [-0.4, -0.2) is 78.8 Å². The first kappa shape index (κ1) is 24.3. The predicted octanol–water partition coefficient (Wildman–Crippen LogP) is 0.625. The molecule has 5 N–H and O–H groups in total. The first-order chi connectivity index (χ1) is 15.6. The number of ketones is 1. The number of imidazole rings is 1. The van der Waals surface area contributed by atoms with Crippen LogP contribution in [0.4, 0.5) is 5.95 Å². The largest absolute Gasteiger partial charge is 0.479 e. The summed E-state index contributed by atoms with van der Waals surface area (Å²) in [6, 6.07) is -0.562. The van der Waals surface area contributed by atoms with E-state index in [-0.39, 0.29) is 29.9 Å². The van der Waals surface area contributed by atoms with Crippen LogP contribution >= 0.6 is 18.1 Å². The van der Waals surface area contributed by atoms with Crippen LogP contribution < -0.4 is 15.6 Å². The van der Waals surface area contributed by atoms with E-state index >= 15 is 0 Å². The van der Waals surface area contributed by atoms with E-state index in [1.807, 2.05) is 0 Å². The van der Waals surface area contributed by atoms with E-state index in [4.69, 9.17) is 19.7 Å². The summed E-state index contributed by atoms with van der Waals surface area (Å²) in [7, 11) is 1.41. The number of methoxy groups -OCH3 is 1. The SMILES string of the molecule is COc1nc(N)nc2c1ncn2[C@@H]1O[C@H](COP2(=O)N[C@@H](C(C)=O)CCCS2)[C@@H](O)[C@@]1(C)O. The topological polar surface area (TPSA) is 184 Å². The number of ether oxygens (including phenoxy) is 2. The molecule has 2 aliphatic heterocycles. The molecule has 2 fully saturated rings. The van der Waals surface area contributed by atoms with Crippen molar-refractivity contribution >= 4 is 41.0 Å². The highest BCUT2D eigenvalue weighted by Gasteiger charge is 2.54. The fourth-order valence-electron chi connectivity index (χ4n) is 3.90. The molecule has 4 heterocycles. The highest BCUT2D eigenvalue weighted by Crippen LogP contribution is 2.58. The summed E-state index contributed by atoms with van der Waals surface area (Å²) < 4.78 is 31.4. The van der Waals surface area contributed by atoms with Crippen molar-refractivity contribution in [2.75, 3.05) is 25.2 Å². The zero-order valence-corrected chi connectivity index (χ0v) is 20.1. The number of aliphatic hydroxyl groups is 2. The van der Waals surface area contributed by atoms with Gasteiger partial charge in [0.25, 0.3) is 0 Å². The van der Waals surface area contributed by atoms with Gasteiger partial charge < -0.3 is 29.9 Å². The van der Waals surface area contributed by atoms with Gasteiger partial charge in [-0.05, 0) is 26.7 Å². The third-order valence-corrected chi connectivity index (χ3v) is 9.85. The average Bonchev–Trinajstić information content (AvgIpc) is 3.18. The van der Waals surface area contributed by atoms with Crippen LogP contribution in [0, 0.1) is 0 Å². The third kappa shape index (κ3) is 4.61. The number of Topliss-reactive ketones (excluding diaryl/α,β-unsaturated/α-hetero) is 1. The Morgan fingerprint density at radius 2 is 2.27 bits per heavy atom. The number of nitrogens with two attached hydrogens (primary N) is 1. The van der Waals surface area contributed by atoms with Crippen molar-refractivity contribution in [2.24, 2.45) is 0 Å². The van der Waals surface area contributed by atoms with Gasteiger partial charge in [0.15, 0.2) is 17.4 Å². The van der Waals surface area contributed by atoms with E-state index in [1.165, 1.54) is 31.9 Å². The number of anilines is 1. The Bertz CT molecular complexity index is 1100. The van der Waals surface area contributed by atoms with Crippen LogP contribution in [0.3, 0.4) is 0 Å². The van der Waals surface area contributed by atoms with Crippen LogP contribution in [-0.2, 0) is 18.6 Å². The maximum absolute atomic E-state index is 13.2. The summed E-state index contributed by atoms with van der Waals surface area (Å²) in [5, 5.41) is 24.7. The van der Waals surface area contributed by atoms with E-state index in [9.17, 15) is 19.6 Å². The quantitative estimate of drug-likeness (QED) is 0.404.